The summed E-state index contributed by atoms with van der Waals surface area (Å²) >= 11 is 0. The summed E-state index contributed by atoms with van der Waals surface area (Å²) in [7, 11) is 1.20. The van der Waals surface area contributed by atoms with Crippen LogP contribution in [0.25, 0.3) is 21.9 Å². The first-order valence-electron chi connectivity index (χ1n) is 12.7. The fourth-order valence-electron chi connectivity index (χ4n) is 5.21. The molecule has 1 aromatic heterocycles. The predicted octanol–water partition coefficient (Wildman–Crippen LogP) is -2.94. The van der Waals surface area contributed by atoms with Gasteiger partial charge in [-0.2, -0.15) is 0 Å². The molecule has 0 aliphatic carbocycles. The fourth-order valence-corrected chi connectivity index (χ4v) is 5.21. The molecule has 2 saturated heterocycles. The number of aromatic hydroxyl groups is 2. The number of hydrogen-bond donors (Lipinski definition) is 10. The van der Waals surface area contributed by atoms with Gasteiger partial charge in [0.25, 0.3) is 0 Å². The molecule has 0 amide bonds. The van der Waals surface area contributed by atoms with E-state index in [4.69, 9.17) is 23.4 Å². The monoisotopic (exact) mass is 598 g/mol. The molecule has 3 aromatic rings. The molecule has 10 atom stereocenters. The lowest BCUT2D eigenvalue weighted by molar-refractivity contribution is -0.277. The summed E-state index contributed by atoms with van der Waals surface area (Å²) in [5.41, 5.74) is -1.90. The Morgan fingerprint density at radius 1 is 0.833 bits per heavy atom. The summed E-state index contributed by atoms with van der Waals surface area (Å²) in [6, 6.07) is 3.40. The first-order chi connectivity index (χ1) is 19.9. The lowest BCUT2D eigenvalue weighted by Gasteiger charge is -2.40. The number of rotatable bonds is 6. The molecule has 42 heavy (non-hydrogen) atoms. The van der Waals surface area contributed by atoms with Crippen LogP contribution in [0.3, 0.4) is 0 Å². The highest BCUT2D eigenvalue weighted by atomic mass is 16.7. The Hall–Kier alpha value is -3.29. The van der Waals surface area contributed by atoms with Crippen LogP contribution in [-0.2, 0) is 9.47 Å². The van der Waals surface area contributed by atoms with E-state index in [0.29, 0.717) is 0 Å². The maximum absolute atomic E-state index is 13.6. The van der Waals surface area contributed by atoms with E-state index < -0.39 is 102 Å². The fraction of sp³-hybridized carbons (Fsp3) is 0.500. The molecule has 2 aliphatic rings. The van der Waals surface area contributed by atoms with Crippen molar-refractivity contribution in [2.75, 3.05) is 20.3 Å². The van der Waals surface area contributed by atoms with E-state index >= 15 is 0 Å². The molecule has 5 rings (SSSR count). The minimum Gasteiger partial charge on any atom is -0.507 e. The zero-order valence-electron chi connectivity index (χ0n) is 21.8. The van der Waals surface area contributed by atoms with E-state index in [0.717, 1.165) is 6.07 Å². The molecule has 0 bridgehead atoms. The number of aliphatic hydroxyl groups is 8. The van der Waals surface area contributed by atoms with Crippen LogP contribution in [0.4, 0.5) is 0 Å². The van der Waals surface area contributed by atoms with Crippen LogP contribution >= 0.6 is 0 Å². The van der Waals surface area contributed by atoms with Gasteiger partial charge in [0.2, 0.25) is 17.5 Å². The lowest BCUT2D eigenvalue weighted by Crippen LogP contribution is -2.60. The highest BCUT2D eigenvalue weighted by Gasteiger charge is 2.47. The van der Waals surface area contributed by atoms with Gasteiger partial charge < -0.3 is 74.4 Å². The molecule has 10 N–H and O–H groups in total. The second-order valence-corrected chi connectivity index (χ2v) is 10.0. The maximum atomic E-state index is 13.6. The highest BCUT2D eigenvalue weighted by Crippen LogP contribution is 2.46. The summed E-state index contributed by atoms with van der Waals surface area (Å²) in [5.74, 6) is -1.92. The van der Waals surface area contributed by atoms with Gasteiger partial charge in [-0.05, 0) is 12.1 Å². The summed E-state index contributed by atoms with van der Waals surface area (Å²) < 4.78 is 27.6. The van der Waals surface area contributed by atoms with Crippen LogP contribution in [-0.4, -0.2) is 127 Å². The average molecular weight is 599 g/mol. The first kappa shape index (κ1) is 30.2. The minimum absolute atomic E-state index is 0.150. The van der Waals surface area contributed by atoms with Crippen LogP contribution < -0.4 is 14.9 Å². The minimum atomic E-state index is -1.87. The van der Waals surface area contributed by atoms with Crippen molar-refractivity contribution in [3.8, 4) is 23.0 Å². The van der Waals surface area contributed by atoms with Crippen molar-refractivity contribution in [3.05, 3.63) is 34.0 Å². The van der Waals surface area contributed by atoms with Crippen LogP contribution in [0.2, 0.25) is 0 Å². The van der Waals surface area contributed by atoms with Gasteiger partial charge in [0.1, 0.15) is 77.4 Å². The third kappa shape index (κ3) is 4.71. The third-order valence-electron chi connectivity index (χ3n) is 7.51. The van der Waals surface area contributed by atoms with Gasteiger partial charge in [-0.3, -0.25) is 4.79 Å². The second kappa shape index (κ2) is 11.4. The summed E-state index contributed by atoms with van der Waals surface area (Å²) in [6.45, 7) is -1.46. The van der Waals surface area contributed by atoms with Crippen molar-refractivity contribution in [3.63, 3.8) is 0 Å². The molecule has 0 radical (unpaired) electrons. The summed E-state index contributed by atoms with van der Waals surface area (Å²) in [5, 5.41) is 101. The number of aliphatic hydroxyl groups excluding tert-OH is 8. The van der Waals surface area contributed by atoms with Gasteiger partial charge in [0, 0.05) is 6.07 Å². The normalized spacial score (nSPS) is 33.6. The van der Waals surface area contributed by atoms with Crippen molar-refractivity contribution in [1.29, 1.82) is 0 Å². The number of benzene rings is 2. The molecule has 0 saturated carbocycles. The number of hydrogen-bond acceptors (Lipinski definition) is 16. The van der Waals surface area contributed by atoms with Gasteiger partial charge in [-0.15, -0.1) is 0 Å². The Bertz CT molecular complexity index is 1520. The number of phenolic OH excluding ortho intramolecular Hbond substituents is 2. The molecule has 16 nitrogen and oxygen atoms in total. The summed E-state index contributed by atoms with van der Waals surface area (Å²) in [6.07, 6.45) is -16.4. The second-order valence-electron chi connectivity index (χ2n) is 10.0. The topological polar surface area (TPSA) is 269 Å². The Kier molecular flexibility index (Phi) is 8.20. The molecular weight excluding hydrogens is 568 g/mol. The quantitative estimate of drug-likeness (QED) is 0.127. The van der Waals surface area contributed by atoms with E-state index in [2.05, 4.69) is 0 Å². The average Bonchev–Trinajstić information content (AvgIpc) is 2.96. The van der Waals surface area contributed by atoms with Crippen LogP contribution in [0.5, 0.6) is 23.0 Å². The largest absolute Gasteiger partial charge is 0.507 e. The van der Waals surface area contributed by atoms with E-state index in [1.807, 2.05) is 0 Å². The predicted molar refractivity (Wildman–Crippen MR) is 137 cm³/mol. The van der Waals surface area contributed by atoms with Crippen molar-refractivity contribution in [2.45, 2.75) is 61.2 Å². The highest BCUT2D eigenvalue weighted by molar-refractivity contribution is 5.97. The standard InChI is InChI=1S/C26H30O16/c1-38-24-9(41-26-22(37)20(35)17(32)12(6-28)42-26)3-2-7-15(30)14-10(39-23(7)24)4-8(29)13(18(14)33)25-21(36)19(34)16(31)11(5-27)40-25/h2-4,11-12,16-17,19-22,25-29,31-37H,5-6H2,1H3. The summed E-state index contributed by atoms with van der Waals surface area (Å²) in [4.78, 5) is 13.6. The molecule has 2 aromatic carbocycles. The number of phenols is 2. The van der Waals surface area contributed by atoms with Crippen molar-refractivity contribution < 1.29 is 74.4 Å². The van der Waals surface area contributed by atoms with E-state index in [1.165, 1.54) is 19.2 Å². The van der Waals surface area contributed by atoms with E-state index in [9.17, 15) is 55.9 Å². The number of ether oxygens (including phenoxy) is 4. The molecule has 10 unspecified atom stereocenters. The lowest BCUT2D eigenvalue weighted by atomic mass is 9.89. The van der Waals surface area contributed by atoms with Crippen molar-refractivity contribution in [1.82, 2.24) is 0 Å². The Labute approximate surface area is 235 Å². The zero-order valence-corrected chi connectivity index (χ0v) is 21.8. The smallest absolute Gasteiger partial charge is 0.229 e. The van der Waals surface area contributed by atoms with Gasteiger partial charge in [-0.25, -0.2) is 0 Å². The van der Waals surface area contributed by atoms with E-state index in [1.54, 1.807) is 0 Å². The molecule has 230 valence electrons. The molecule has 2 fully saturated rings. The van der Waals surface area contributed by atoms with Crippen LogP contribution in [0, 0.1) is 0 Å². The molecular formula is C26H30O16. The Morgan fingerprint density at radius 2 is 1.45 bits per heavy atom. The Balaban J connectivity index is 1.60. The van der Waals surface area contributed by atoms with Gasteiger partial charge in [0.15, 0.2) is 11.3 Å². The van der Waals surface area contributed by atoms with Crippen LogP contribution in [0.1, 0.15) is 11.7 Å². The molecule has 0 spiro atoms. The molecule has 3 heterocycles. The molecule has 2 aliphatic heterocycles. The maximum Gasteiger partial charge on any atom is 0.229 e. The first-order valence-corrected chi connectivity index (χ1v) is 12.7. The Morgan fingerprint density at radius 3 is 2.07 bits per heavy atom. The van der Waals surface area contributed by atoms with Gasteiger partial charge >= 0.3 is 0 Å². The number of methoxy groups -OCH3 is 1. The van der Waals surface area contributed by atoms with Crippen LogP contribution in [0.15, 0.2) is 27.4 Å². The zero-order chi connectivity index (χ0) is 30.6. The van der Waals surface area contributed by atoms with Gasteiger partial charge in [-0.1, -0.05) is 0 Å². The SMILES string of the molecule is COc1c(OC2OC(CO)C(O)C(O)C2O)ccc2c(=O)c3c(O)c(C4OC(CO)C(O)C(O)C4O)c(O)cc3oc12. The number of fused-ring (bicyclic) bond motifs is 2. The van der Waals surface area contributed by atoms with Gasteiger partial charge in [0.05, 0.1) is 31.3 Å². The third-order valence-corrected chi connectivity index (χ3v) is 7.51. The van der Waals surface area contributed by atoms with Crippen molar-refractivity contribution >= 4 is 21.9 Å². The molecule has 16 heteroatoms. The van der Waals surface area contributed by atoms with E-state index in [-0.39, 0.29) is 28.1 Å². The van der Waals surface area contributed by atoms with Crippen molar-refractivity contribution in [2.24, 2.45) is 0 Å².